The van der Waals surface area contributed by atoms with Gasteiger partial charge in [-0.2, -0.15) is 4.99 Å². The Hall–Kier alpha value is -3.00. The summed E-state index contributed by atoms with van der Waals surface area (Å²) in [4.78, 5) is 21.3. The lowest BCUT2D eigenvalue weighted by atomic mass is 10.2. The molecule has 0 aliphatic carbocycles. The molecule has 2 aliphatic heterocycles. The van der Waals surface area contributed by atoms with E-state index in [-0.39, 0.29) is 11.7 Å². The summed E-state index contributed by atoms with van der Waals surface area (Å²) < 4.78 is 24.6. The number of amides is 1. The summed E-state index contributed by atoms with van der Waals surface area (Å²) in [7, 11) is 3.16. The zero-order valence-corrected chi connectivity index (χ0v) is 17.6. The number of hydrogen-bond acceptors (Lipinski definition) is 6. The second-order valence-corrected chi connectivity index (χ2v) is 7.86. The molecule has 2 aromatic carbocycles. The highest BCUT2D eigenvalue weighted by Crippen LogP contribution is 2.33. The summed E-state index contributed by atoms with van der Waals surface area (Å²) in [6.07, 6.45) is 1.81. The Morgan fingerprint density at radius 1 is 1.00 bits per heavy atom. The van der Waals surface area contributed by atoms with E-state index in [0.29, 0.717) is 53.4 Å². The number of rotatable bonds is 4. The maximum absolute atomic E-state index is 14.0. The monoisotopic (exact) mass is 427 g/mol. The molecule has 0 unspecified atom stereocenters. The third-order valence-corrected chi connectivity index (χ3v) is 6.10. The molecule has 2 aromatic rings. The fourth-order valence-corrected chi connectivity index (χ4v) is 4.44. The van der Waals surface area contributed by atoms with Crippen molar-refractivity contribution in [2.24, 2.45) is 4.99 Å². The molecule has 0 radical (unpaired) electrons. The predicted molar refractivity (Wildman–Crippen MR) is 118 cm³/mol. The molecule has 0 atom stereocenters. The van der Waals surface area contributed by atoms with Crippen molar-refractivity contribution in [1.29, 1.82) is 0 Å². The molecule has 0 bridgehead atoms. The van der Waals surface area contributed by atoms with Crippen molar-refractivity contribution in [3.05, 3.63) is 58.8 Å². The van der Waals surface area contributed by atoms with E-state index in [1.165, 1.54) is 17.8 Å². The number of nitrogens with zero attached hydrogens (tertiary/aromatic N) is 3. The lowest BCUT2D eigenvalue weighted by molar-refractivity contribution is -0.113. The first-order valence-corrected chi connectivity index (χ1v) is 10.4. The number of aliphatic imine (C=N–C) groups is 1. The zero-order valence-electron chi connectivity index (χ0n) is 16.8. The van der Waals surface area contributed by atoms with Crippen LogP contribution in [-0.4, -0.2) is 56.4 Å². The van der Waals surface area contributed by atoms with Crippen LogP contribution in [0.2, 0.25) is 0 Å². The van der Waals surface area contributed by atoms with Crippen LogP contribution in [0.15, 0.2) is 52.4 Å². The van der Waals surface area contributed by atoms with Crippen molar-refractivity contribution in [3.8, 4) is 11.5 Å². The van der Waals surface area contributed by atoms with E-state index in [9.17, 15) is 9.18 Å². The van der Waals surface area contributed by atoms with Crippen LogP contribution in [0.4, 0.5) is 10.1 Å². The van der Waals surface area contributed by atoms with Crippen LogP contribution < -0.4 is 14.4 Å². The molecule has 4 rings (SSSR count). The highest BCUT2D eigenvalue weighted by molar-refractivity contribution is 8.18. The van der Waals surface area contributed by atoms with Crippen LogP contribution in [0.1, 0.15) is 5.56 Å². The molecule has 2 heterocycles. The molecule has 156 valence electrons. The molecule has 0 saturated carbocycles. The number of hydrogen-bond donors (Lipinski definition) is 0. The molecule has 8 heteroatoms. The van der Waals surface area contributed by atoms with Gasteiger partial charge >= 0.3 is 0 Å². The third-order valence-electron chi connectivity index (χ3n) is 5.06. The van der Waals surface area contributed by atoms with E-state index >= 15 is 0 Å². The summed E-state index contributed by atoms with van der Waals surface area (Å²) >= 11 is 1.37. The van der Waals surface area contributed by atoms with Crippen LogP contribution in [0, 0.1) is 5.82 Å². The normalized spacial score (nSPS) is 18.0. The highest BCUT2D eigenvalue weighted by Gasteiger charge is 2.29. The van der Waals surface area contributed by atoms with E-state index < -0.39 is 0 Å². The van der Waals surface area contributed by atoms with E-state index in [1.54, 1.807) is 38.5 Å². The van der Waals surface area contributed by atoms with Gasteiger partial charge in [0.05, 0.1) is 24.8 Å². The van der Waals surface area contributed by atoms with Gasteiger partial charge in [0.25, 0.3) is 5.91 Å². The smallest absolute Gasteiger partial charge is 0.286 e. The summed E-state index contributed by atoms with van der Waals surface area (Å²) in [5, 5.41) is 0.694. The van der Waals surface area contributed by atoms with Gasteiger partial charge in [-0.3, -0.25) is 4.79 Å². The quantitative estimate of drug-likeness (QED) is 0.695. The highest BCUT2D eigenvalue weighted by atomic mass is 32.2. The second kappa shape index (κ2) is 8.79. The molecule has 6 nitrogen and oxygen atoms in total. The molecule has 30 heavy (non-hydrogen) atoms. The number of halogens is 1. The predicted octanol–water partition coefficient (Wildman–Crippen LogP) is 3.64. The molecular formula is C22H22FN3O3S. The van der Waals surface area contributed by atoms with Gasteiger partial charge in [-0.25, -0.2) is 4.39 Å². The minimum Gasteiger partial charge on any atom is -0.493 e. The Kier molecular flexibility index (Phi) is 5.94. The van der Waals surface area contributed by atoms with E-state index in [1.807, 2.05) is 23.1 Å². The lowest BCUT2D eigenvalue weighted by Gasteiger charge is -2.36. The minimum absolute atomic E-state index is 0.214. The standard InChI is InChI=1S/C22H22FN3O3S/c1-28-18-8-7-15(13-19(18)29-2)14-20-21(27)24-22(30-20)26-11-9-25(10-12-26)17-6-4-3-5-16(17)23/h3-8,13-14H,9-12H2,1-2H3. The maximum atomic E-state index is 14.0. The lowest BCUT2D eigenvalue weighted by Crippen LogP contribution is -2.48. The van der Waals surface area contributed by atoms with Crippen molar-refractivity contribution in [3.63, 3.8) is 0 Å². The number of carbonyl (C=O) groups excluding carboxylic acids is 1. The van der Waals surface area contributed by atoms with E-state index in [0.717, 1.165) is 5.56 Å². The maximum Gasteiger partial charge on any atom is 0.286 e. The summed E-state index contributed by atoms with van der Waals surface area (Å²) in [5.74, 6) is 0.776. The van der Waals surface area contributed by atoms with Gasteiger partial charge < -0.3 is 19.3 Å². The number of benzene rings is 2. The third kappa shape index (κ3) is 4.14. The molecule has 1 saturated heterocycles. The number of ether oxygens (including phenoxy) is 2. The number of methoxy groups -OCH3 is 2. The van der Waals surface area contributed by atoms with E-state index in [4.69, 9.17) is 9.47 Å². The van der Waals surface area contributed by atoms with Crippen LogP contribution in [-0.2, 0) is 4.79 Å². The van der Waals surface area contributed by atoms with E-state index in [2.05, 4.69) is 9.89 Å². The fraction of sp³-hybridized carbons (Fsp3) is 0.273. The Balaban J connectivity index is 1.42. The largest absolute Gasteiger partial charge is 0.493 e. The minimum atomic E-state index is -0.249. The number of carbonyl (C=O) groups is 1. The zero-order chi connectivity index (χ0) is 21.1. The Bertz CT molecular complexity index is 1020. The Morgan fingerprint density at radius 2 is 1.70 bits per heavy atom. The first-order valence-electron chi connectivity index (χ1n) is 9.58. The Labute approximate surface area is 179 Å². The summed E-state index contributed by atoms with van der Waals surface area (Å²) in [5.41, 5.74) is 1.45. The average molecular weight is 428 g/mol. The number of anilines is 1. The summed E-state index contributed by atoms with van der Waals surface area (Å²) in [6, 6.07) is 12.3. The average Bonchev–Trinajstić information content (AvgIpc) is 3.14. The van der Waals surface area contributed by atoms with Gasteiger partial charge in [0.1, 0.15) is 5.82 Å². The van der Waals surface area contributed by atoms with Gasteiger partial charge in [0, 0.05) is 26.2 Å². The van der Waals surface area contributed by atoms with Crippen LogP contribution in [0.3, 0.4) is 0 Å². The van der Waals surface area contributed by atoms with Crippen molar-refractivity contribution >= 4 is 34.6 Å². The molecule has 1 amide bonds. The summed E-state index contributed by atoms with van der Waals surface area (Å²) in [6.45, 7) is 2.70. The number of amidine groups is 1. The molecule has 0 N–H and O–H groups in total. The van der Waals surface area contributed by atoms with Gasteiger partial charge in [0.15, 0.2) is 16.7 Å². The van der Waals surface area contributed by atoms with Gasteiger partial charge in [0.2, 0.25) is 0 Å². The van der Waals surface area contributed by atoms with Crippen molar-refractivity contribution in [2.75, 3.05) is 45.3 Å². The topological polar surface area (TPSA) is 54.4 Å². The van der Waals surface area contributed by atoms with Gasteiger partial charge in [-0.15, -0.1) is 0 Å². The second-order valence-electron chi connectivity index (χ2n) is 6.85. The fourth-order valence-electron chi connectivity index (χ4n) is 3.47. The SMILES string of the molecule is COc1ccc(C=C2SC(N3CCN(c4ccccc4F)CC3)=NC2=O)cc1OC. The molecule has 2 aliphatic rings. The van der Waals surface area contributed by atoms with Crippen molar-refractivity contribution in [1.82, 2.24) is 4.90 Å². The molecule has 0 spiro atoms. The van der Waals surface area contributed by atoms with Gasteiger partial charge in [-0.1, -0.05) is 18.2 Å². The van der Waals surface area contributed by atoms with Crippen LogP contribution >= 0.6 is 11.8 Å². The van der Waals surface area contributed by atoms with Crippen molar-refractivity contribution in [2.45, 2.75) is 0 Å². The van der Waals surface area contributed by atoms with Gasteiger partial charge in [-0.05, 0) is 47.7 Å². The Morgan fingerprint density at radius 3 is 2.40 bits per heavy atom. The molecule has 1 fully saturated rings. The molecule has 0 aromatic heterocycles. The first-order chi connectivity index (χ1) is 14.6. The number of thioether (sulfide) groups is 1. The van der Waals surface area contributed by atoms with Crippen LogP contribution in [0.5, 0.6) is 11.5 Å². The first kappa shape index (κ1) is 20.3. The van der Waals surface area contributed by atoms with Crippen LogP contribution in [0.25, 0.3) is 6.08 Å². The molecular weight excluding hydrogens is 405 g/mol. The number of piperazine rings is 1. The number of para-hydroxylation sites is 1. The van der Waals surface area contributed by atoms with Crippen molar-refractivity contribution < 1.29 is 18.7 Å².